The van der Waals surface area contributed by atoms with E-state index in [0.29, 0.717) is 0 Å². The number of hydrogen-bond acceptors (Lipinski definition) is 4. The van der Waals surface area contributed by atoms with E-state index < -0.39 is 28.4 Å². The molecule has 92 valence electrons. The van der Waals surface area contributed by atoms with Gasteiger partial charge in [0.1, 0.15) is 11.9 Å². The number of halogens is 1. The van der Waals surface area contributed by atoms with Gasteiger partial charge < -0.3 is 10.4 Å². The quantitative estimate of drug-likeness (QED) is 0.608. The van der Waals surface area contributed by atoms with Gasteiger partial charge in [-0.05, 0) is 12.5 Å². The van der Waals surface area contributed by atoms with E-state index in [0.717, 1.165) is 18.2 Å². The molecule has 1 unspecified atom stereocenters. The molecule has 0 saturated carbocycles. The number of hydrogen-bond donors (Lipinski definition) is 2. The molecule has 0 spiro atoms. The zero-order valence-corrected chi connectivity index (χ0v) is 9.01. The summed E-state index contributed by atoms with van der Waals surface area (Å²) in [6.45, 7) is 1.64. The third-order valence-electron chi connectivity index (χ3n) is 2.14. The molecule has 0 aliphatic heterocycles. The van der Waals surface area contributed by atoms with Crippen molar-refractivity contribution in [3.8, 4) is 0 Å². The van der Waals surface area contributed by atoms with Gasteiger partial charge in [-0.2, -0.15) is 0 Å². The van der Waals surface area contributed by atoms with Gasteiger partial charge in [0, 0.05) is 11.8 Å². The van der Waals surface area contributed by atoms with Crippen LogP contribution in [-0.2, 0) is 4.79 Å². The number of nitro groups is 1. The Bertz CT molecular complexity index is 450. The van der Waals surface area contributed by atoms with Gasteiger partial charge in [0.15, 0.2) is 0 Å². The first-order valence-electron chi connectivity index (χ1n) is 4.88. The summed E-state index contributed by atoms with van der Waals surface area (Å²) >= 11 is 0. The summed E-state index contributed by atoms with van der Waals surface area (Å²) in [5, 5.41) is 21.8. The number of carbonyl (C=O) groups is 1. The number of carboxylic acids is 1. The lowest BCUT2D eigenvalue weighted by Crippen LogP contribution is -2.28. The van der Waals surface area contributed by atoms with Crippen molar-refractivity contribution in [2.45, 2.75) is 19.4 Å². The van der Waals surface area contributed by atoms with Crippen molar-refractivity contribution in [1.82, 2.24) is 0 Å². The van der Waals surface area contributed by atoms with Crippen LogP contribution in [0.5, 0.6) is 0 Å². The molecule has 0 amide bonds. The van der Waals surface area contributed by atoms with Crippen molar-refractivity contribution in [3.05, 3.63) is 34.1 Å². The molecule has 0 saturated heterocycles. The number of nitro benzene ring substituents is 1. The van der Waals surface area contributed by atoms with Crippen molar-refractivity contribution in [2.75, 3.05) is 5.32 Å². The van der Waals surface area contributed by atoms with Gasteiger partial charge in [-0.25, -0.2) is 9.18 Å². The summed E-state index contributed by atoms with van der Waals surface area (Å²) in [4.78, 5) is 20.5. The molecule has 0 aliphatic rings. The van der Waals surface area contributed by atoms with Gasteiger partial charge in [-0.3, -0.25) is 10.1 Å². The maximum Gasteiger partial charge on any atom is 0.326 e. The molecular weight excluding hydrogens is 231 g/mol. The van der Waals surface area contributed by atoms with E-state index in [1.807, 2.05) is 0 Å². The Labute approximate surface area is 96.2 Å². The second kappa shape index (κ2) is 5.24. The van der Waals surface area contributed by atoms with Gasteiger partial charge in [-0.15, -0.1) is 0 Å². The fraction of sp³-hybridized carbons (Fsp3) is 0.300. The Morgan fingerprint density at radius 2 is 2.24 bits per heavy atom. The van der Waals surface area contributed by atoms with Gasteiger partial charge >= 0.3 is 5.97 Å². The number of anilines is 1. The van der Waals surface area contributed by atoms with Gasteiger partial charge in [0.05, 0.1) is 11.0 Å². The predicted molar refractivity (Wildman–Crippen MR) is 58.4 cm³/mol. The van der Waals surface area contributed by atoms with Crippen LogP contribution in [0.15, 0.2) is 18.2 Å². The molecule has 1 aromatic carbocycles. The fourth-order valence-corrected chi connectivity index (χ4v) is 1.30. The first-order valence-corrected chi connectivity index (χ1v) is 4.88. The maximum atomic E-state index is 13.1. The second-order valence-electron chi connectivity index (χ2n) is 3.40. The lowest BCUT2D eigenvalue weighted by molar-refractivity contribution is -0.385. The van der Waals surface area contributed by atoms with Gasteiger partial charge in [0.2, 0.25) is 0 Å². The molecule has 0 fully saturated rings. The Hall–Kier alpha value is -2.18. The van der Waals surface area contributed by atoms with Crippen molar-refractivity contribution in [3.63, 3.8) is 0 Å². The zero-order valence-electron chi connectivity index (χ0n) is 9.01. The number of rotatable bonds is 5. The highest BCUT2D eigenvalue weighted by Crippen LogP contribution is 2.21. The van der Waals surface area contributed by atoms with Crippen LogP contribution in [0.3, 0.4) is 0 Å². The number of benzene rings is 1. The molecule has 0 bridgehead atoms. The summed E-state index contributed by atoms with van der Waals surface area (Å²) < 4.78 is 13.1. The van der Waals surface area contributed by atoms with E-state index in [9.17, 15) is 19.3 Å². The lowest BCUT2D eigenvalue weighted by atomic mass is 10.2. The minimum absolute atomic E-state index is 0.0750. The highest BCUT2D eigenvalue weighted by Gasteiger charge is 2.17. The van der Waals surface area contributed by atoms with Crippen molar-refractivity contribution >= 4 is 17.3 Å². The predicted octanol–water partition coefficient (Wildman–Crippen LogP) is 2.01. The van der Waals surface area contributed by atoms with Crippen LogP contribution in [0.2, 0.25) is 0 Å². The Morgan fingerprint density at radius 3 is 2.71 bits per heavy atom. The number of aliphatic carboxylic acids is 1. The largest absolute Gasteiger partial charge is 0.480 e. The lowest BCUT2D eigenvalue weighted by Gasteiger charge is -2.13. The standard InChI is InChI=1S/C10H11FN2O4/c1-2-9(10(14)15)12-7-3-6(11)4-8(5-7)13(16)17/h3-5,9,12H,2H2,1H3,(H,14,15). The maximum absolute atomic E-state index is 13.1. The Kier molecular flexibility index (Phi) is 3.97. The molecule has 0 aliphatic carbocycles. The first-order chi connectivity index (χ1) is 7.93. The van der Waals surface area contributed by atoms with E-state index in [-0.39, 0.29) is 12.1 Å². The zero-order chi connectivity index (χ0) is 13.0. The molecule has 1 aromatic rings. The fourth-order valence-electron chi connectivity index (χ4n) is 1.30. The number of nitrogens with one attached hydrogen (secondary N) is 1. The smallest absolute Gasteiger partial charge is 0.326 e. The van der Waals surface area contributed by atoms with E-state index in [2.05, 4.69) is 5.32 Å². The van der Waals surface area contributed by atoms with Crippen LogP contribution in [-0.4, -0.2) is 22.0 Å². The van der Waals surface area contributed by atoms with Crippen molar-refractivity contribution in [2.24, 2.45) is 0 Å². The topological polar surface area (TPSA) is 92.5 Å². The summed E-state index contributed by atoms with van der Waals surface area (Å²) in [5.74, 6) is -1.89. The summed E-state index contributed by atoms with van der Waals surface area (Å²) in [6.07, 6.45) is 0.277. The molecule has 17 heavy (non-hydrogen) atoms. The summed E-state index contributed by atoms with van der Waals surface area (Å²) in [6, 6.07) is 1.97. The number of carboxylic acid groups (broad SMARTS) is 1. The number of nitrogens with zero attached hydrogens (tertiary/aromatic N) is 1. The van der Waals surface area contributed by atoms with Crippen LogP contribution in [0.25, 0.3) is 0 Å². The molecule has 2 N–H and O–H groups in total. The Morgan fingerprint density at radius 1 is 1.59 bits per heavy atom. The first kappa shape index (κ1) is 12.9. The van der Waals surface area contributed by atoms with Crippen LogP contribution in [0.1, 0.15) is 13.3 Å². The van der Waals surface area contributed by atoms with E-state index in [1.54, 1.807) is 6.92 Å². The van der Waals surface area contributed by atoms with E-state index >= 15 is 0 Å². The third kappa shape index (κ3) is 3.40. The molecular formula is C10H11FN2O4. The van der Waals surface area contributed by atoms with Crippen molar-refractivity contribution in [1.29, 1.82) is 0 Å². The van der Waals surface area contributed by atoms with Crippen LogP contribution in [0, 0.1) is 15.9 Å². The van der Waals surface area contributed by atoms with Gasteiger partial charge in [-0.1, -0.05) is 6.92 Å². The molecule has 0 radical (unpaired) electrons. The highest BCUT2D eigenvalue weighted by molar-refractivity contribution is 5.77. The van der Waals surface area contributed by atoms with Crippen LogP contribution in [0.4, 0.5) is 15.8 Å². The van der Waals surface area contributed by atoms with Gasteiger partial charge in [0.25, 0.3) is 5.69 Å². The molecule has 0 aromatic heterocycles. The van der Waals surface area contributed by atoms with E-state index in [4.69, 9.17) is 5.11 Å². The Balaban J connectivity index is 2.98. The van der Waals surface area contributed by atoms with Crippen molar-refractivity contribution < 1.29 is 19.2 Å². The SMILES string of the molecule is CCC(Nc1cc(F)cc([N+](=O)[O-])c1)C(=O)O. The highest BCUT2D eigenvalue weighted by atomic mass is 19.1. The molecule has 1 atom stereocenters. The average Bonchev–Trinajstić information content (AvgIpc) is 2.24. The molecule has 7 heteroatoms. The normalized spacial score (nSPS) is 11.9. The van der Waals surface area contributed by atoms with E-state index in [1.165, 1.54) is 0 Å². The third-order valence-corrected chi connectivity index (χ3v) is 2.14. The van der Waals surface area contributed by atoms with Crippen LogP contribution < -0.4 is 5.32 Å². The number of non-ortho nitro benzene ring substituents is 1. The molecule has 6 nitrogen and oxygen atoms in total. The summed E-state index contributed by atoms with van der Waals surface area (Å²) in [5.41, 5.74) is -0.348. The minimum atomic E-state index is -1.10. The second-order valence-corrected chi connectivity index (χ2v) is 3.40. The minimum Gasteiger partial charge on any atom is -0.480 e. The average molecular weight is 242 g/mol. The molecule has 0 heterocycles. The molecule has 1 rings (SSSR count). The summed E-state index contributed by atoms with van der Waals surface area (Å²) in [7, 11) is 0. The monoisotopic (exact) mass is 242 g/mol. The van der Waals surface area contributed by atoms with Crippen LogP contribution >= 0.6 is 0 Å².